The lowest BCUT2D eigenvalue weighted by molar-refractivity contribution is 0.102. The van der Waals surface area contributed by atoms with Gasteiger partial charge in [-0.05, 0) is 11.2 Å². The van der Waals surface area contributed by atoms with E-state index in [0.29, 0.717) is 10.7 Å². The van der Waals surface area contributed by atoms with Crippen molar-refractivity contribution in [3.05, 3.63) is 35.3 Å². The third kappa shape index (κ3) is 2.08. The number of furan rings is 1. The number of nitroso groups, excluding NO2 is 1. The van der Waals surface area contributed by atoms with E-state index in [1.165, 1.54) is 24.8 Å². The Bertz CT molecular complexity index is 477. The van der Waals surface area contributed by atoms with Gasteiger partial charge in [-0.3, -0.25) is 10.1 Å². The average Bonchev–Trinajstić information content (AvgIpc) is 2.87. The second-order valence-electron chi connectivity index (χ2n) is 2.56. The van der Waals surface area contributed by atoms with Gasteiger partial charge in [-0.25, -0.2) is 4.98 Å². The summed E-state index contributed by atoms with van der Waals surface area (Å²) in [7, 11) is 0. The van der Waals surface area contributed by atoms with Crippen LogP contribution in [-0.4, -0.2) is 10.9 Å². The summed E-state index contributed by atoms with van der Waals surface area (Å²) in [6, 6.07) is 1.53. The monoisotopic (exact) mass is 223 g/mol. The molecule has 6 nitrogen and oxygen atoms in total. The van der Waals surface area contributed by atoms with E-state index in [1.54, 1.807) is 0 Å². The second-order valence-corrected chi connectivity index (χ2v) is 3.57. The molecule has 1 amide bonds. The molecule has 0 bridgehead atoms. The highest BCUT2D eigenvalue weighted by Gasteiger charge is 2.09. The van der Waals surface area contributed by atoms with Crippen LogP contribution in [0.5, 0.6) is 0 Å². The summed E-state index contributed by atoms with van der Waals surface area (Å²) < 4.78 is 4.75. The maximum Gasteiger partial charge on any atom is 0.260 e. The zero-order valence-electron chi connectivity index (χ0n) is 7.34. The van der Waals surface area contributed by atoms with E-state index in [2.05, 4.69) is 15.5 Å². The predicted octanol–water partition coefficient (Wildman–Crippen LogP) is 2.39. The van der Waals surface area contributed by atoms with Crippen molar-refractivity contribution >= 4 is 27.4 Å². The van der Waals surface area contributed by atoms with Gasteiger partial charge in [0.2, 0.25) is 0 Å². The van der Waals surface area contributed by atoms with Crippen LogP contribution >= 0.6 is 11.3 Å². The lowest BCUT2D eigenvalue weighted by Crippen LogP contribution is -2.10. The number of aromatic nitrogens is 1. The van der Waals surface area contributed by atoms with E-state index in [0.717, 1.165) is 11.3 Å². The Morgan fingerprint density at radius 2 is 2.47 bits per heavy atom. The molecule has 0 unspecified atom stereocenters. The van der Waals surface area contributed by atoms with E-state index in [4.69, 9.17) is 4.42 Å². The topological polar surface area (TPSA) is 84.6 Å². The lowest BCUT2D eigenvalue weighted by atomic mass is 10.3. The predicted molar refractivity (Wildman–Crippen MR) is 54.2 cm³/mol. The zero-order valence-corrected chi connectivity index (χ0v) is 8.15. The molecule has 0 spiro atoms. The molecule has 0 aliphatic carbocycles. The highest BCUT2D eigenvalue weighted by molar-refractivity contribution is 7.19. The summed E-state index contributed by atoms with van der Waals surface area (Å²) in [5, 5.41) is 5.76. The number of nitrogens with zero attached hydrogens (tertiary/aromatic N) is 2. The average molecular weight is 223 g/mol. The van der Waals surface area contributed by atoms with Gasteiger partial charge in [0.25, 0.3) is 5.91 Å². The Kier molecular flexibility index (Phi) is 2.55. The smallest absolute Gasteiger partial charge is 0.260 e. The van der Waals surface area contributed by atoms with Crippen LogP contribution in [0.3, 0.4) is 0 Å². The second kappa shape index (κ2) is 4.01. The van der Waals surface area contributed by atoms with Crippen molar-refractivity contribution in [2.75, 3.05) is 5.32 Å². The van der Waals surface area contributed by atoms with Gasteiger partial charge in [-0.15, -0.1) is 4.91 Å². The van der Waals surface area contributed by atoms with Gasteiger partial charge in [0, 0.05) is 0 Å². The number of amides is 1. The molecule has 0 aliphatic rings. The van der Waals surface area contributed by atoms with Gasteiger partial charge in [-0.2, -0.15) is 0 Å². The number of carbonyl (C=O) groups is 1. The van der Waals surface area contributed by atoms with Crippen molar-refractivity contribution in [2.24, 2.45) is 5.18 Å². The van der Waals surface area contributed by atoms with Crippen LogP contribution in [0.15, 0.2) is 34.4 Å². The van der Waals surface area contributed by atoms with Crippen molar-refractivity contribution in [1.29, 1.82) is 0 Å². The Balaban J connectivity index is 2.09. The van der Waals surface area contributed by atoms with Gasteiger partial charge in [0.05, 0.1) is 18.0 Å². The van der Waals surface area contributed by atoms with Crippen LogP contribution in [0.4, 0.5) is 10.1 Å². The number of hydrogen-bond donors (Lipinski definition) is 1. The molecule has 2 aromatic heterocycles. The maximum absolute atomic E-state index is 11.5. The fraction of sp³-hybridized carbons (Fsp3) is 0. The fourth-order valence-electron chi connectivity index (χ4n) is 0.929. The Labute approximate surface area is 87.9 Å². The molecule has 0 saturated carbocycles. The summed E-state index contributed by atoms with van der Waals surface area (Å²) >= 11 is 1.01. The SMILES string of the molecule is O=Nc1cnc(NC(=O)c2ccoc2)s1. The molecule has 0 fully saturated rings. The first-order valence-corrected chi connectivity index (χ1v) is 4.74. The van der Waals surface area contributed by atoms with Gasteiger partial charge in [0.15, 0.2) is 10.1 Å². The number of anilines is 1. The molecule has 0 aliphatic heterocycles. The molecular formula is C8H5N3O3S. The zero-order chi connectivity index (χ0) is 10.7. The maximum atomic E-state index is 11.5. The molecule has 2 rings (SSSR count). The summed E-state index contributed by atoms with van der Waals surface area (Å²) in [6.07, 6.45) is 4.01. The first-order chi connectivity index (χ1) is 7.29. The molecule has 0 saturated heterocycles. The summed E-state index contributed by atoms with van der Waals surface area (Å²) in [4.78, 5) is 25.4. The first-order valence-electron chi connectivity index (χ1n) is 3.92. The van der Waals surface area contributed by atoms with Crippen LogP contribution in [-0.2, 0) is 0 Å². The van der Waals surface area contributed by atoms with Gasteiger partial charge >= 0.3 is 0 Å². The van der Waals surface area contributed by atoms with Crippen LogP contribution < -0.4 is 5.32 Å². The highest BCUT2D eigenvalue weighted by Crippen LogP contribution is 2.25. The largest absolute Gasteiger partial charge is 0.472 e. The molecule has 7 heteroatoms. The molecule has 1 N–H and O–H groups in total. The first kappa shape index (κ1) is 9.53. The summed E-state index contributed by atoms with van der Waals surface area (Å²) in [5.74, 6) is -0.337. The highest BCUT2D eigenvalue weighted by atomic mass is 32.1. The van der Waals surface area contributed by atoms with Crippen molar-refractivity contribution < 1.29 is 9.21 Å². The van der Waals surface area contributed by atoms with Crippen molar-refractivity contribution in [1.82, 2.24) is 4.98 Å². The molecule has 15 heavy (non-hydrogen) atoms. The van der Waals surface area contributed by atoms with E-state index < -0.39 is 0 Å². The number of nitrogens with one attached hydrogen (secondary N) is 1. The van der Waals surface area contributed by atoms with Crippen molar-refractivity contribution in [3.63, 3.8) is 0 Å². The van der Waals surface area contributed by atoms with Gasteiger partial charge < -0.3 is 4.42 Å². The Morgan fingerprint density at radius 1 is 1.60 bits per heavy atom. The van der Waals surface area contributed by atoms with E-state index in [9.17, 15) is 9.70 Å². The van der Waals surface area contributed by atoms with Crippen LogP contribution in [0, 0.1) is 4.91 Å². The minimum absolute atomic E-state index is 0.220. The Morgan fingerprint density at radius 3 is 3.07 bits per heavy atom. The molecule has 0 aromatic carbocycles. The normalized spacial score (nSPS) is 9.87. The Hall–Kier alpha value is -2.02. The van der Waals surface area contributed by atoms with E-state index >= 15 is 0 Å². The molecule has 2 aromatic rings. The summed E-state index contributed by atoms with van der Waals surface area (Å²) in [6.45, 7) is 0. The molecule has 2 heterocycles. The number of thiazole rings is 1. The number of rotatable bonds is 3. The third-order valence-corrected chi connectivity index (χ3v) is 2.38. The van der Waals surface area contributed by atoms with Gasteiger partial charge in [-0.1, -0.05) is 11.3 Å². The third-order valence-electron chi connectivity index (χ3n) is 1.59. The molecule has 0 radical (unpaired) electrons. The lowest BCUT2D eigenvalue weighted by Gasteiger charge is -1.96. The summed E-state index contributed by atoms with van der Waals surface area (Å²) in [5.41, 5.74) is 0.394. The van der Waals surface area contributed by atoms with Gasteiger partial charge in [0.1, 0.15) is 6.26 Å². The number of carbonyl (C=O) groups excluding carboxylic acids is 1. The van der Waals surface area contributed by atoms with Crippen LogP contribution in [0.2, 0.25) is 0 Å². The van der Waals surface area contributed by atoms with Crippen molar-refractivity contribution in [2.45, 2.75) is 0 Å². The van der Waals surface area contributed by atoms with Crippen molar-refractivity contribution in [3.8, 4) is 0 Å². The van der Waals surface area contributed by atoms with E-state index in [-0.39, 0.29) is 10.9 Å². The van der Waals surface area contributed by atoms with Crippen LogP contribution in [0.25, 0.3) is 0 Å². The minimum atomic E-state index is -0.337. The molecule has 0 atom stereocenters. The minimum Gasteiger partial charge on any atom is -0.472 e. The standard InChI is InChI=1S/C8H5N3O3S/c12-7(5-1-2-14-4-5)10-8-9-3-6(11-13)15-8/h1-4H,(H,9,10,12). The molecular weight excluding hydrogens is 218 g/mol. The molecule has 76 valence electrons. The van der Waals surface area contributed by atoms with E-state index in [1.807, 2.05) is 0 Å². The fourth-order valence-corrected chi connectivity index (χ4v) is 1.52. The number of hydrogen-bond acceptors (Lipinski definition) is 6. The van der Waals surface area contributed by atoms with Crippen LogP contribution in [0.1, 0.15) is 10.4 Å². The quantitative estimate of drug-likeness (QED) is 0.809.